The fourth-order valence-corrected chi connectivity index (χ4v) is 2.86. The van der Waals surface area contributed by atoms with Crippen LogP contribution in [0.5, 0.6) is 0 Å². The Bertz CT molecular complexity index is 498. The Kier molecular flexibility index (Phi) is 5.59. The van der Waals surface area contributed by atoms with Gasteiger partial charge < -0.3 is 4.74 Å². The van der Waals surface area contributed by atoms with Gasteiger partial charge in [0.05, 0.1) is 22.2 Å². The van der Waals surface area contributed by atoms with Crippen LogP contribution in [0.25, 0.3) is 0 Å². The number of ether oxygens (including phenoxy) is 1. The van der Waals surface area contributed by atoms with Gasteiger partial charge in [0.1, 0.15) is 0 Å². The van der Waals surface area contributed by atoms with E-state index in [1.807, 2.05) is 0 Å². The van der Waals surface area contributed by atoms with E-state index in [0.29, 0.717) is 17.5 Å². The maximum Gasteiger partial charge on any atom is 0.339 e. The first-order chi connectivity index (χ1) is 9.47. The lowest BCUT2D eigenvalue weighted by atomic mass is 10.0. The fourth-order valence-electron chi connectivity index (χ4n) is 2.18. The van der Waals surface area contributed by atoms with Crippen LogP contribution in [0.4, 0.5) is 0 Å². The molecule has 0 N–H and O–H groups in total. The Hall–Kier alpha value is -0.440. The van der Waals surface area contributed by atoms with E-state index in [-0.39, 0.29) is 15.6 Å². The quantitative estimate of drug-likeness (QED) is 0.497. The topological polar surface area (TPSA) is 26.3 Å². The summed E-state index contributed by atoms with van der Waals surface area (Å²) in [6.45, 7) is 2.59. The van der Waals surface area contributed by atoms with Gasteiger partial charge in [-0.3, -0.25) is 0 Å². The smallest absolute Gasteiger partial charge is 0.339 e. The normalized spacial score (nSPS) is 16.0. The van der Waals surface area contributed by atoms with Crippen molar-refractivity contribution in [3.8, 4) is 0 Å². The van der Waals surface area contributed by atoms with E-state index in [9.17, 15) is 4.79 Å². The number of carbonyl (C=O) groups is 1. The van der Waals surface area contributed by atoms with E-state index >= 15 is 0 Å². The van der Waals surface area contributed by atoms with Crippen molar-refractivity contribution >= 4 is 40.8 Å². The minimum Gasteiger partial charge on any atom is -0.462 e. The van der Waals surface area contributed by atoms with E-state index in [0.717, 1.165) is 12.3 Å². The van der Waals surface area contributed by atoms with Gasteiger partial charge >= 0.3 is 5.97 Å². The number of hydrogen-bond donors (Lipinski definition) is 0. The molecular weight excluding hydrogens is 319 g/mol. The van der Waals surface area contributed by atoms with Crippen LogP contribution >= 0.6 is 34.8 Å². The van der Waals surface area contributed by atoms with Crippen molar-refractivity contribution in [2.24, 2.45) is 11.8 Å². The first-order valence-corrected chi connectivity index (χ1v) is 7.92. The molecule has 0 amide bonds. The average molecular weight is 336 g/mol. The highest BCUT2D eigenvalue weighted by molar-refractivity contribution is 6.45. The molecule has 1 aliphatic rings. The summed E-state index contributed by atoms with van der Waals surface area (Å²) in [6.07, 6.45) is 4.79. The van der Waals surface area contributed by atoms with E-state index in [4.69, 9.17) is 39.5 Å². The molecule has 1 saturated carbocycles. The van der Waals surface area contributed by atoms with Crippen molar-refractivity contribution in [2.45, 2.75) is 32.6 Å². The summed E-state index contributed by atoms with van der Waals surface area (Å²) in [5.74, 6) is 0.994. The summed E-state index contributed by atoms with van der Waals surface area (Å²) in [5, 5.41) is 0.814. The summed E-state index contributed by atoms with van der Waals surface area (Å²) in [5.41, 5.74) is 0.221. The van der Waals surface area contributed by atoms with Crippen LogP contribution in [0.15, 0.2) is 12.1 Å². The van der Waals surface area contributed by atoms with Gasteiger partial charge in [-0.25, -0.2) is 4.79 Å². The number of benzene rings is 1. The molecule has 0 radical (unpaired) electrons. The molecule has 0 aromatic heterocycles. The molecule has 0 spiro atoms. The van der Waals surface area contributed by atoms with Crippen molar-refractivity contribution in [2.75, 3.05) is 6.61 Å². The van der Waals surface area contributed by atoms with Gasteiger partial charge in [0.25, 0.3) is 0 Å². The predicted octanol–water partition coefficient (Wildman–Crippen LogP) is 5.63. The lowest BCUT2D eigenvalue weighted by molar-refractivity contribution is 0.0483. The number of halogens is 3. The molecule has 1 aliphatic carbocycles. The van der Waals surface area contributed by atoms with Gasteiger partial charge in [-0.15, -0.1) is 0 Å². The lowest BCUT2D eigenvalue weighted by Crippen LogP contribution is -2.10. The van der Waals surface area contributed by atoms with Crippen molar-refractivity contribution in [3.05, 3.63) is 32.8 Å². The molecule has 20 heavy (non-hydrogen) atoms. The molecule has 5 heteroatoms. The zero-order chi connectivity index (χ0) is 14.7. The van der Waals surface area contributed by atoms with Crippen LogP contribution in [-0.2, 0) is 4.74 Å². The van der Waals surface area contributed by atoms with E-state index in [2.05, 4.69) is 6.92 Å². The average Bonchev–Trinajstić information content (AvgIpc) is 3.17. The van der Waals surface area contributed by atoms with Crippen LogP contribution in [0.1, 0.15) is 43.0 Å². The first kappa shape index (κ1) is 15.9. The van der Waals surface area contributed by atoms with Crippen LogP contribution in [0.3, 0.4) is 0 Å². The Balaban J connectivity index is 1.85. The van der Waals surface area contributed by atoms with Crippen molar-refractivity contribution < 1.29 is 9.53 Å². The minimum atomic E-state index is -0.474. The summed E-state index contributed by atoms with van der Waals surface area (Å²) >= 11 is 17.7. The molecule has 0 heterocycles. The highest BCUT2D eigenvalue weighted by Gasteiger charge is 2.23. The second-order valence-corrected chi connectivity index (χ2v) is 6.68. The monoisotopic (exact) mass is 334 g/mol. The molecule has 110 valence electrons. The molecule has 0 bridgehead atoms. The third kappa shape index (κ3) is 4.54. The Morgan fingerprint density at radius 3 is 2.70 bits per heavy atom. The number of hydrogen-bond acceptors (Lipinski definition) is 2. The Morgan fingerprint density at radius 1 is 1.35 bits per heavy atom. The molecule has 2 rings (SSSR count). The number of rotatable bonds is 6. The molecule has 2 nitrogen and oxygen atoms in total. The number of esters is 1. The third-order valence-electron chi connectivity index (χ3n) is 3.49. The number of carbonyl (C=O) groups excluding carboxylic acids is 1. The second kappa shape index (κ2) is 7.02. The van der Waals surface area contributed by atoms with Gasteiger partial charge in [-0.1, -0.05) is 54.6 Å². The van der Waals surface area contributed by atoms with Crippen LogP contribution in [0.2, 0.25) is 15.1 Å². The standard InChI is InChI=1S/C15H17Cl3O2/c1-9(6-10-2-3-10)4-5-20-15(19)12-7-11(16)8-13(17)14(12)18/h7-10H,2-6H2,1H3. The van der Waals surface area contributed by atoms with Crippen LogP contribution in [-0.4, -0.2) is 12.6 Å². The fraction of sp³-hybridized carbons (Fsp3) is 0.533. The van der Waals surface area contributed by atoms with E-state index in [1.165, 1.54) is 31.4 Å². The van der Waals surface area contributed by atoms with Crippen LogP contribution < -0.4 is 0 Å². The summed E-state index contributed by atoms with van der Waals surface area (Å²) in [7, 11) is 0. The van der Waals surface area contributed by atoms with Gasteiger partial charge in [0, 0.05) is 5.02 Å². The van der Waals surface area contributed by atoms with Crippen LogP contribution in [0, 0.1) is 11.8 Å². The summed E-state index contributed by atoms with van der Waals surface area (Å²) < 4.78 is 5.25. The Morgan fingerprint density at radius 2 is 2.05 bits per heavy atom. The summed E-state index contributed by atoms with van der Waals surface area (Å²) in [6, 6.07) is 2.98. The van der Waals surface area contributed by atoms with Gasteiger partial charge in [-0.2, -0.15) is 0 Å². The zero-order valence-electron chi connectivity index (χ0n) is 11.3. The first-order valence-electron chi connectivity index (χ1n) is 6.79. The SMILES string of the molecule is CC(CCOC(=O)c1cc(Cl)cc(Cl)c1Cl)CC1CC1. The third-order valence-corrected chi connectivity index (χ3v) is 4.51. The van der Waals surface area contributed by atoms with Crippen molar-refractivity contribution in [3.63, 3.8) is 0 Å². The van der Waals surface area contributed by atoms with Gasteiger partial charge in [0.15, 0.2) is 0 Å². The molecule has 1 atom stereocenters. The zero-order valence-corrected chi connectivity index (χ0v) is 13.6. The minimum absolute atomic E-state index is 0.187. The highest BCUT2D eigenvalue weighted by atomic mass is 35.5. The second-order valence-electron chi connectivity index (χ2n) is 5.46. The van der Waals surface area contributed by atoms with Crippen molar-refractivity contribution in [1.82, 2.24) is 0 Å². The maximum absolute atomic E-state index is 12.0. The molecule has 0 saturated heterocycles. The molecular formula is C15H17Cl3O2. The van der Waals surface area contributed by atoms with Crippen molar-refractivity contribution in [1.29, 1.82) is 0 Å². The predicted molar refractivity (Wildman–Crippen MR) is 82.9 cm³/mol. The molecule has 1 fully saturated rings. The summed E-state index contributed by atoms with van der Waals surface area (Å²) in [4.78, 5) is 12.0. The van der Waals surface area contributed by atoms with E-state index < -0.39 is 5.97 Å². The maximum atomic E-state index is 12.0. The Labute approximate surface area is 134 Å². The van der Waals surface area contributed by atoms with Gasteiger partial charge in [-0.05, 0) is 36.8 Å². The van der Waals surface area contributed by atoms with E-state index in [1.54, 1.807) is 0 Å². The molecule has 1 unspecified atom stereocenters. The molecule has 0 aliphatic heterocycles. The lowest BCUT2D eigenvalue weighted by Gasteiger charge is -2.12. The van der Waals surface area contributed by atoms with Gasteiger partial charge in [0.2, 0.25) is 0 Å². The molecule has 1 aromatic rings. The largest absolute Gasteiger partial charge is 0.462 e. The molecule has 1 aromatic carbocycles. The highest BCUT2D eigenvalue weighted by Crippen LogP contribution is 2.36.